The maximum atomic E-state index is 12.5. The molecule has 16 heavy (non-hydrogen) atoms. The Morgan fingerprint density at radius 3 is 2.62 bits per heavy atom. The van der Waals surface area contributed by atoms with Gasteiger partial charge >= 0.3 is 12.1 Å². The molecule has 0 aromatic carbocycles. The number of alkyl halides is 3. The minimum atomic E-state index is -4.78. The average Bonchev–Trinajstić information content (AvgIpc) is 2.55. The third-order valence-corrected chi connectivity index (χ3v) is 2.00. The van der Waals surface area contributed by atoms with E-state index in [-0.39, 0.29) is 5.65 Å². The average molecular weight is 230 g/mol. The summed E-state index contributed by atoms with van der Waals surface area (Å²) in [6.07, 6.45) is -3.55. The summed E-state index contributed by atoms with van der Waals surface area (Å²) >= 11 is 0. The molecule has 0 atom stereocenters. The van der Waals surface area contributed by atoms with E-state index in [0.717, 1.165) is 4.40 Å². The van der Waals surface area contributed by atoms with Gasteiger partial charge in [0.2, 0.25) is 0 Å². The predicted octanol–water partition coefficient (Wildman–Crippen LogP) is 2.05. The van der Waals surface area contributed by atoms with E-state index >= 15 is 0 Å². The van der Waals surface area contributed by atoms with Gasteiger partial charge < -0.3 is 5.11 Å². The SMILES string of the molecule is O=C(O)c1c(C(F)(F)F)nc2ccccn12. The van der Waals surface area contributed by atoms with Crippen molar-refractivity contribution in [3.63, 3.8) is 0 Å². The minimum absolute atomic E-state index is 0.0489. The molecule has 2 aromatic heterocycles. The third-order valence-electron chi connectivity index (χ3n) is 2.00. The van der Waals surface area contributed by atoms with Gasteiger partial charge in [-0.1, -0.05) is 6.07 Å². The summed E-state index contributed by atoms with van der Waals surface area (Å²) in [5.41, 5.74) is -2.30. The molecular formula is C9H5F3N2O2. The van der Waals surface area contributed by atoms with E-state index in [0.29, 0.717) is 0 Å². The number of rotatable bonds is 1. The maximum Gasteiger partial charge on any atom is 0.435 e. The molecule has 2 aromatic rings. The Kier molecular flexibility index (Phi) is 2.11. The van der Waals surface area contributed by atoms with E-state index in [9.17, 15) is 18.0 Å². The minimum Gasteiger partial charge on any atom is -0.476 e. The lowest BCUT2D eigenvalue weighted by Gasteiger charge is -2.03. The third kappa shape index (κ3) is 1.50. The first-order chi connectivity index (χ1) is 7.41. The number of carboxylic acids is 1. The Bertz CT molecular complexity index is 559. The lowest BCUT2D eigenvalue weighted by molar-refractivity contribution is -0.141. The number of fused-ring (bicyclic) bond motifs is 1. The van der Waals surface area contributed by atoms with Crippen molar-refractivity contribution in [3.05, 3.63) is 35.8 Å². The fourth-order valence-corrected chi connectivity index (χ4v) is 1.40. The van der Waals surface area contributed by atoms with E-state index in [1.54, 1.807) is 0 Å². The van der Waals surface area contributed by atoms with Crippen LogP contribution in [0.15, 0.2) is 24.4 Å². The van der Waals surface area contributed by atoms with Gasteiger partial charge in [0.05, 0.1) is 0 Å². The van der Waals surface area contributed by atoms with Gasteiger partial charge in [-0.2, -0.15) is 13.2 Å². The normalized spacial score (nSPS) is 11.9. The Hall–Kier alpha value is -2.05. The van der Waals surface area contributed by atoms with Crippen molar-refractivity contribution in [2.75, 3.05) is 0 Å². The first kappa shape index (κ1) is 10.5. The number of hydrogen-bond acceptors (Lipinski definition) is 2. The first-order valence-electron chi connectivity index (χ1n) is 4.19. The fraction of sp³-hybridized carbons (Fsp3) is 0.111. The second kappa shape index (κ2) is 3.22. The highest BCUT2D eigenvalue weighted by molar-refractivity contribution is 5.88. The van der Waals surface area contributed by atoms with Crippen LogP contribution in [0.1, 0.15) is 16.2 Å². The molecule has 0 bridgehead atoms. The maximum absolute atomic E-state index is 12.5. The number of aromatic carboxylic acids is 1. The van der Waals surface area contributed by atoms with Gasteiger partial charge in [-0.15, -0.1) is 0 Å². The molecule has 2 rings (SSSR count). The molecule has 0 saturated carbocycles. The van der Waals surface area contributed by atoms with Crippen LogP contribution < -0.4 is 0 Å². The predicted molar refractivity (Wildman–Crippen MR) is 47.2 cm³/mol. The van der Waals surface area contributed by atoms with Crippen molar-refractivity contribution >= 4 is 11.6 Å². The smallest absolute Gasteiger partial charge is 0.435 e. The zero-order valence-electron chi connectivity index (χ0n) is 7.69. The Morgan fingerprint density at radius 1 is 1.38 bits per heavy atom. The van der Waals surface area contributed by atoms with Gasteiger partial charge in [0.25, 0.3) is 0 Å². The van der Waals surface area contributed by atoms with Crippen LogP contribution in [0.4, 0.5) is 13.2 Å². The van der Waals surface area contributed by atoms with Gasteiger partial charge in [-0.25, -0.2) is 9.78 Å². The molecule has 84 valence electrons. The fourth-order valence-electron chi connectivity index (χ4n) is 1.40. The largest absolute Gasteiger partial charge is 0.476 e. The summed E-state index contributed by atoms with van der Waals surface area (Å²) in [6.45, 7) is 0. The summed E-state index contributed by atoms with van der Waals surface area (Å²) in [6, 6.07) is 4.22. The number of aromatic nitrogens is 2. The molecule has 0 spiro atoms. The summed E-state index contributed by atoms with van der Waals surface area (Å²) in [7, 11) is 0. The molecule has 2 heterocycles. The number of carboxylic acid groups (broad SMARTS) is 1. The van der Waals surface area contributed by atoms with E-state index in [1.807, 2.05) is 0 Å². The highest BCUT2D eigenvalue weighted by atomic mass is 19.4. The second-order valence-electron chi connectivity index (χ2n) is 3.04. The summed E-state index contributed by atoms with van der Waals surface area (Å²) in [5, 5.41) is 8.76. The van der Waals surface area contributed by atoms with Gasteiger partial charge in [0.15, 0.2) is 11.4 Å². The van der Waals surface area contributed by atoms with E-state index < -0.39 is 23.5 Å². The Labute approximate surface area is 87.0 Å². The van der Waals surface area contributed by atoms with Gasteiger partial charge in [-0.05, 0) is 12.1 Å². The topological polar surface area (TPSA) is 54.6 Å². The van der Waals surface area contributed by atoms with Crippen LogP contribution in [0.25, 0.3) is 5.65 Å². The second-order valence-corrected chi connectivity index (χ2v) is 3.04. The number of carbonyl (C=O) groups is 1. The number of pyridine rings is 1. The van der Waals surface area contributed by atoms with E-state index in [4.69, 9.17) is 5.11 Å². The molecule has 7 heteroatoms. The monoisotopic (exact) mass is 230 g/mol. The van der Waals surface area contributed by atoms with E-state index in [2.05, 4.69) is 4.98 Å². The van der Waals surface area contributed by atoms with Crippen LogP contribution in [-0.4, -0.2) is 20.5 Å². The van der Waals surface area contributed by atoms with Crippen molar-refractivity contribution in [2.24, 2.45) is 0 Å². The van der Waals surface area contributed by atoms with Gasteiger partial charge in [-0.3, -0.25) is 4.40 Å². The number of imidazole rings is 1. The van der Waals surface area contributed by atoms with Crippen LogP contribution in [0.3, 0.4) is 0 Å². The molecule has 0 aliphatic carbocycles. The summed E-state index contributed by atoms with van der Waals surface area (Å²) in [4.78, 5) is 14.0. The summed E-state index contributed by atoms with van der Waals surface area (Å²) < 4.78 is 38.4. The standard InChI is InChI=1S/C9H5F3N2O2/c10-9(11,12)7-6(8(15)16)14-4-2-1-3-5(14)13-7/h1-4H,(H,15,16). The Morgan fingerprint density at radius 2 is 2.06 bits per heavy atom. The van der Waals surface area contributed by atoms with Crippen molar-refractivity contribution < 1.29 is 23.1 Å². The molecule has 0 saturated heterocycles. The molecule has 0 amide bonds. The summed E-state index contributed by atoms with van der Waals surface area (Å²) in [5.74, 6) is -1.66. The molecule has 0 aliphatic rings. The lowest BCUT2D eigenvalue weighted by atomic mass is 10.3. The molecular weight excluding hydrogens is 225 g/mol. The molecule has 0 aliphatic heterocycles. The van der Waals surface area contributed by atoms with Crippen molar-refractivity contribution in [1.82, 2.24) is 9.38 Å². The van der Waals surface area contributed by atoms with Crippen LogP contribution in [-0.2, 0) is 6.18 Å². The first-order valence-corrected chi connectivity index (χ1v) is 4.19. The van der Waals surface area contributed by atoms with Crippen LogP contribution in [0.5, 0.6) is 0 Å². The number of halogens is 3. The number of nitrogens with zero attached hydrogens (tertiary/aromatic N) is 2. The molecule has 0 fully saturated rings. The molecule has 0 radical (unpaired) electrons. The van der Waals surface area contributed by atoms with Crippen LogP contribution in [0.2, 0.25) is 0 Å². The van der Waals surface area contributed by atoms with Crippen molar-refractivity contribution in [2.45, 2.75) is 6.18 Å². The Balaban J connectivity index is 2.84. The van der Waals surface area contributed by atoms with Crippen molar-refractivity contribution in [1.29, 1.82) is 0 Å². The van der Waals surface area contributed by atoms with Crippen LogP contribution >= 0.6 is 0 Å². The highest BCUT2D eigenvalue weighted by Crippen LogP contribution is 2.31. The molecule has 0 unspecified atom stereocenters. The lowest BCUT2D eigenvalue weighted by Crippen LogP contribution is -2.13. The van der Waals surface area contributed by atoms with Gasteiger partial charge in [0, 0.05) is 6.20 Å². The van der Waals surface area contributed by atoms with E-state index in [1.165, 1.54) is 24.4 Å². The van der Waals surface area contributed by atoms with Crippen LogP contribution in [0, 0.1) is 0 Å². The quantitative estimate of drug-likeness (QED) is 0.815. The molecule has 4 nitrogen and oxygen atoms in total. The van der Waals surface area contributed by atoms with Crippen molar-refractivity contribution in [3.8, 4) is 0 Å². The zero-order valence-corrected chi connectivity index (χ0v) is 7.69. The highest BCUT2D eigenvalue weighted by Gasteiger charge is 2.40. The number of hydrogen-bond donors (Lipinski definition) is 1. The zero-order chi connectivity index (χ0) is 11.9. The molecule has 1 N–H and O–H groups in total. The van der Waals surface area contributed by atoms with Gasteiger partial charge in [0.1, 0.15) is 5.65 Å².